The first-order valence-electron chi connectivity index (χ1n) is 19.0. The molecule has 2 spiro atoms. The number of hydrogen-bond donors (Lipinski definition) is 2. The molecule has 8 atom stereocenters. The Morgan fingerprint density at radius 2 is 1.19 bits per heavy atom. The molecule has 8 aliphatic rings. The quantitative estimate of drug-likeness (QED) is 0.326. The SMILES string of the molecule is CC.CC(=O)Oc1ccc2c3c1O[C@@H]1C(=O)CC[C@]4(O)[C@H](C2)N(C)CC[C@@]314.CC(C)=O.CN1CC[C@@]23c4c5ccc([O-])c4O[C@@H]2C(=O)CC[C@]3(O)[C@@H]1C5. The standard InChI is InChI=1S/C19H21NO5.C17H19NO4.C3H6O.C2H6/c1-10(21)24-13-4-3-11-9-14-19(23)6-5-12(22)17-18(19,7-8-20(14)2)15(11)16(13)25-17;1-18-7-6-16-13-9-2-3-10(19)14(13)22-15(16)11(20)4-5-17(16,21)12(18)8-9;1-3(2)4;1-2/h3-4,14,17,23H,5-9H2,1-2H3;2-3,12,15,19,21H,4-8H2,1H3;1-2H3;1-2H3/p-1/t14-,17+,18+,19-;12-,15+,16+,17-;;/m00../s1. The van der Waals surface area contributed by atoms with Gasteiger partial charge in [-0.25, -0.2) is 0 Å². The number of hydrogen-bond acceptors (Lipinski definition) is 12. The number of carbonyl (C=O) groups is 4. The highest BCUT2D eigenvalue weighted by atomic mass is 16.6. The number of likely N-dealkylation sites (N-methyl/N-ethyl adjacent to an activating group) is 2. The van der Waals surface area contributed by atoms with Crippen LogP contribution in [-0.2, 0) is 42.8 Å². The zero-order valence-corrected chi connectivity index (χ0v) is 31.7. The minimum absolute atomic E-state index is 0.0172. The number of benzene rings is 2. The third-order valence-electron chi connectivity index (χ3n) is 13.3. The molecular weight excluding hydrogens is 680 g/mol. The minimum Gasteiger partial charge on any atom is -0.870 e. The molecule has 4 fully saturated rings. The van der Waals surface area contributed by atoms with Crippen LogP contribution in [0, 0.1) is 0 Å². The van der Waals surface area contributed by atoms with Gasteiger partial charge in [0.25, 0.3) is 0 Å². The van der Waals surface area contributed by atoms with Crippen LogP contribution in [0.3, 0.4) is 0 Å². The highest BCUT2D eigenvalue weighted by Crippen LogP contribution is 2.66. The van der Waals surface area contributed by atoms with Gasteiger partial charge in [-0.3, -0.25) is 14.4 Å². The van der Waals surface area contributed by atoms with E-state index in [-0.39, 0.29) is 35.2 Å². The van der Waals surface area contributed by atoms with Crippen LogP contribution in [0.2, 0.25) is 0 Å². The van der Waals surface area contributed by atoms with Crippen molar-refractivity contribution < 1.29 is 48.7 Å². The van der Waals surface area contributed by atoms with E-state index in [4.69, 9.17) is 14.2 Å². The molecule has 0 unspecified atom stereocenters. The Morgan fingerprint density at radius 3 is 1.66 bits per heavy atom. The van der Waals surface area contributed by atoms with Gasteiger partial charge in [0.15, 0.2) is 35.3 Å². The average molecular weight is 732 g/mol. The lowest BCUT2D eigenvalue weighted by Crippen LogP contribution is -2.76. The van der Waals surface area contributed by atoms with Gasteiger partial charge < -0.3 is 44.1 Å². The summed E-state index contributed by atoms with van der Waals surface area (Å²) >= 11 is 0. The fourth-order valence-corrected chi connectivity index (χ4v) is 11.3. The molecule has 2 saturated heterocycles. The summed E-state index contributed by atoms with van der Waals surface area (Å²) in [7, 11) is 4.07. The van der Waals surface area contributed by atoms with Crippen molar-refractivity contribution in [1.82, 2.24) is 9.80 Å². The van der Waals surface area contributed by atoms with Crippen molar-refractivity contribution >= 4 is 23.3 Å². The fourth-order valence-electron chi connectivity index (χ4n) is 11.3. The summed E-state index contributed by atoms with van der Waals surface area (Å²) in [5, 5.41) is 35.6. The molecule has 2 saturated carbocycles. The lowest BCUT2D eigenvalue weighted by Gasteiger charge is -2.62. The third kappa shape index (κ3) is 4.94. The molecule has 12 heteroatoms. The molecule has 0 radical (unpaired) electrons. The summed E-state index contributed by atoms with van der Waals surface area (Å²) < 4.78 is 17.3. The molecule has 12 nitrogen and oxygen atoms in total. The molecule has 10 rings (SSSR count). The number of esters is 1. The molecule has 4 bridgehead atoms. The van der Waals surface area contributed by atoms with E-state index < -0.39 is 40.2 Å². The van der Waals surface area contributed by atoms with Gasteiger partial charge in [0, 0.05) is 43.0 Å². The number of ketones is 3. The Balaban J connectivity index is 0.000000144. The zero-order chi connectivity index (χ0) is 38.4. The normalized spacial score (nSPS) is 36.0. The summed E-state index contributed by atoms with van der Waals surface area (Å²) in [4.78, 5) is 50.5. The maximum absolute atomic E-state index is 12.7. The number of Topliss-reactive ketones (excluding diaryl/α,β-unsaturated/α-hetero) is 3. The Morgan fingerprint density at radius 1 is 0.755 bits per heavy atom. The van der Waals surface area contributed by atoms with Crippen LogP contribution in [0.25, 0.3) is 0 Å². The van der Waals surface area contributed by atoms with E-state index in [1.54, 1.807) is 6.07 Å². The largest absolute Gasteiger partial charge is 0.870 e. The van der Waals surface area contributed by atoms with Crippen molar-refractivity contribution in [3.8, 4) is 23.0 Å². The number of nitrogens with zero attached hydrogens (tertiary/aromatic N) is 2. The summed E-state index contributed by atoms with van der Waals surface area (Å²) in [6, 6.07) is 7.05. The first-order chi connectivity index (χ1) is 25.1. The van der Waals surface area contributed by atoms with Crippen LogP contribution < -0.4 is 19.3 Å². The lowest BCUT2D eigenvalue weighted by molar-refractivity contribution is -0.270. The van der Waals surface area contributed by atoms with Gasteiger partial charge >= 0.3 is 5.97 Å². The van der Waals surface area contributed by atoms with Gasteiger partial charge in [0.2, 0.25) is 0 Å². The van der Waals surface area contributed by atoms with Crippen molar-refractivity contribution in [3.63, 3.8) is 0 Å². The topological polar surface area (TPSA) is 166 Å². The molecule has 4 heterocycles. The highest BCUT2D eigenvalue weighted by molar-refractivity contribution is 5.91. The van der Waals surface area contributed by atoms with Crippen LogP contribution in [0.15, 0.2) is 24.3 Å². The Bertz CT molecular complexity index is 1890. The molecule has 0 aromatic heterocycles. The van der Waals surface area contributed by atoms with Gasteiger partial charge in [0.1, 0.15) is 11.5 Å². The molecule has 53 heavy (non-hydrogen) atoms. The van der Waals surface area contributed by atoms with E-state index in [1.807, 2.05) is 40.1 Å². The van der Waals surface area contributed by atoms with Gasteiger partial charge in [-0.2, -0.15) is 0 Å². The Labute approximate surface area is 310 Å². The van der Waals surface area contributed by atoms with Gasteiger partial charge in [-0.05, 0) is 96.8 Å². The molecule has 2 N–H and O–H groups in total. The monoisotopic (exact) mass is 731 g/mol. The van der Waals surface area contributed by atoms with E-state index in [1.165, 1.54) is 26.8 Å². The van der Waals surface area contributed by atoms with Gasteiger partial charge in [-0.1, -0.05) is 37.8 Å². The number of aliphatic hydroxyl groups is 2. The van der Waals surface area contributed by atoms with Crippen LogP contribution in [0.4, 0.5) is 0 Å². The van der Waals surface area contributed by atoms with Crippen molar-refractivity contribution in [3.05, 3.63) is 46.5 Å². The number of rotatable bonds is 1. The van der Waals surface area contributed by atoms with Crippen LogP contribution in [0.1, 0.15) is 95.4 Å². The van der Waals surface area contributed by atoms with Crippen molar-refractivity contribution in [1.29, 1.82) is 0 Å². The van der Waals surface area contributed by atoms with Crippen LogP contribution in [-0.4, -0.2) is 106 Å². The summed E-state index contributed by atoms with van der Waals surface area (Å²) in [5.74, 6) is 0.777. The van der Waals surface area contributed by atoms with Gasteiger partial charge in [0.05, 0.1) is 22.0 Å². The third-order valence-corrected chi connectivity index (χ3v) is 13.3. The second-order valence-corrected chi connectivity index (χ2v) is 16.0. The van der Waals surface area contributed by atoms with E-state index in [9.17, 15) is 34.5 Å². The number of carbonyl (C=O) groups excluding carboxylic acids is 4. The van der Waals surface area contributed by atoms with E-state index in [0.717, 1.165) is 35.3 Å². The maximum atomic E-state index is 12.7. The predicted octanol–water partition coefficient (Wildman–Crippen LogP) is 2.70. The van der Waals surface area contributed by atoms with E-state index >= 15 is 0 Å². The summed E-state index contributed by atoms with van der Waals surface area (Å²) in [5.41, 5.74) is 0.468. The molecule has 0 amide bonds. The Kier molecular flexibility index (Phi) is 9.11. The molecular formula is C41H51N2O10-. The Hall–Kier alpha value is -3.84. The molecule has 286 valence electrons. The number of ether oxygens (including phenoxy) is 3. The lowest BCUT2D eigenvalue weighted by atomic mass is 9.49. The first kappa shape index (κ1) is 37.5. The molecule has 2 aromatic rings. The van der Waals surface area contributed by atoms with Gasteiger partial charge in [-0.15, -0.1) is 0 Å². The summed E-state index contributed by atoms with van der Waals surface area (Å²) in [6.45, 7) is 10.0. The summed E-state index contributed by atoms with van der Waals surface area (Å²) in [6.07, 6.45) is 2.93. The van der Waals surface area contributed by atoms with E-state index in [2.05, 4.69) is 9.80 Å². The minimum atomic E-state index is -0.994. The van der Waals surface area contributed by atoms with Crippen molar-refractivity contribution in [2.24, 2.45) is 0 Å². The van der Waals surface area contributed by atoms with E-state index in [0.29, 0.717) is 68.6 Å². The second-order valence-electron chi connectivity index (χ2n) is 16.0. The van der Waals surface area contributed by atoms with Crippen molar-refractivity contribution in [2.45, 2.75) is 132 Å². The fraction of sp³-hybridized carbons (Fsp3) is 0.610. The molecule has 2 aromatic carbocycles. The molecule has 4 aliphatic heterocycles. The second kappa shape index (κ2) is 12.9. The molecule has 4 aliphatic carbocycles. The van der Waals surface area contributed by atoms with Crippen LogP contribution >= 0.6 is 0 Å². The number of piperidine rings is 2. The predicted molar refractivity (Wildman–Crippen MR) is 191 cm³/mol. The average Bonchev–Trinajstić information content (AvgIpc) is 3.66. The maximum Gasteiger partial charge on any atom is 0.308 e. The number of likely N-dealkylation sites (tertiary alicyclic amines) is 2. The highest BCUT2D eigenvalue weighted by Gasteiger charge is 2.74. The smallest absolute Gasteiger partial charge is 0.308 e. The zero-order valence-electron chi connectivity index (χ0n) is 31.7. The first-order valence-corrected chi connectivity index (χ1v) is 19.0. The van der Waals surface area contributed by atoms with Crippen LogP contribution in [0.5, 0.6) is 23.0 Å². The van der Waals surface area contributed by atoms with Crippen molar-refractivity contribution in [2.75, 3.05) is 27.2 Å².